The summed E-state index contributed by atoms with van der Waals surface area (Å²) in [5.41, 5.74) is 7.26. The van der Waals surface area contributed by atoms with Gasteiger partial charge in [0.2, 0.25) is 0 Å². The SMILES string of the molecule is CCCCN(C)CCC=C1c2ccccc2CCc2ccccc21. The Balaban J connectivity index is 1.86. The van der Waals surface area contributed by atoms with E-state index < -0.39 is 0 Å². The van der Waals surface area contributed by atoms with Gasteiger partial charge in [0.15, 0.2) is 0 Å². The average Bonchev–Trinajstić information content (AvgIpc) is 2.78. The minimum absolute atomic E-state index is 1.11. The molecule has 0 aliphatic heterocycles. The van der Waals surface area contributed by atoms with Crippen LogP contribution in [-0.2, 0) is 12.8 Å². The Bertz CT molecular complexity index is 649. The lowest BCUT2D eigenvalue weighted by atomic mass is 9.93. The van der Waals surface area contributed by atoms with Crippen LogP contribution in [0.1, 0.15) is 48.4 Å². The Hall–Kier alpha value is -1.86. The molecule has 0 atom stereocenters. The van der Waals surface area contributed by atoms with Gasteiger partial charge in [0.25, 0.3) is 0 Å². The van der Waals surface area contributed by atoms with Gasteiger partial charge < -0.3 is 4.90 Å². The average molecular weight is 319 g/mol. The van der Waals surface area contributed by atoms with Crippen molar-refractivity contribution in [1.82, 2.24) is 4.90 Å². The van der Waals surface area contributed by atoms with Crippen LogP contribution in [0.2, 0.25) is 0 Å². The van der Waals surface area contributed by atoms with Gasteiger partial charge >= 0.3 is 0 Å². The van der Waals surface area contributed by atoms with Crippen LogP contribution >= 0.6 is 0 Å². The molecule has 0 heterocycles. The molecule has 126 valence electrons. The Morgan fingerprint density at radius 1 is 0.875 bits per heavy atom. The first-order valence-electron chi connectivity index (χ1n) is 9.35. The van der Waals surface area contributed by atoms with Crippen LogP contribution < -0.4 is 0 Å². The zero-order valence-corrected chi connectivity index (χ0v) is 15.1. The molecular formula is C23H29N. The van der Waals surface area contributed by atoms with Crippen molar-refractivity contribution < 1.29 is 0 Å². The summed E-state index contributed by atoms with van der Waals surface area (Å²) in [5, 5.41) is 0. The molecule has 1 aliphatic carbocycles. The molecule has 0 saturated heterocycles. The van der Waals surface area contributed by atoms with Crippen LogP contribution in [0, 0.1) is 0 Å². The number of fused-ring (bicyclic) bond motifs is 2. The van der Waals surface area contributed by atoms with Crippen LogP contribution in [0.3, 0.4) is 0 Å². The van der Waals surface area contributed by atoms with E-state index in [4.69, 9.17) is 0 Å². The van der Waals surface area contributed by atoms with Gasteiger partial charge in [0.05, 0.1) is 0 Å². The van der Waals surface area contributed by atoms with Crippen LogP contribution in [0.5, 0.6) is 0 Å². The number of benzene rings is 2. The molecule has 0 radical (unpaired) electrons. The highest BCUT2D eigenvalue weighted by Gasteiger charge is 2.16. The lowest BCUT2D eigenvalue weighted by Gasteiger charge is -2.16. The number of hydrogen-bond acceptors (Lipinski definition) is 1. The third-order valence-electron chi connectivity index (χ3n) is 5.03. The van der Waals surface area contributed by atoms with E-state index >= 15 is 0 Å². The van der Waals surface area contributed by atoms with E-state index in [9.17, 15) is 0 Å². The molecule has 1 nitrogen and oxygen atoms in total. The second-order valence-corrected chi connectivity index (χ2v) is 6.88. The standard InChI is InChI=1S/C23H29N/c1-3-4-17-24(2)18-9-14-23-21-12-7-5-10-19(21)15-16-20-11-6-8-13-22(20)23/h5-8,10-14H,3-4,9,15-18H2,1-2H3. The highest BCUT2D eigenvalue weighted by molar-refractivity contribution is 5.83. The molecule has 0 N–H and O–H groups in total. The van der Waals surface area contributed by atoms with Crippen LogP contribution in [-0.4, -0.2) is 25.0 Å². The second kappa shape index (κ2) is 8.30. The first kappa shape index (κ1) is 17.0. The molecule has 0 unspecified atom stereocenters. The van der Waals surface area contributed by atoms with Crippen LogP contribution in [0.15, 0.2) is 54.6 Å². The molecule has 24 heavy (non-hydrogen) atoms. The number of nitrogens with zero attached hydrogens (tertiary/aromatic N) is 1. The van der Waals surface area contributed by atoms with E-state index in [-0.39, 0.29) is 0 Å². The predicted molar refractivity (Wildman–Crippen MR) is 104 cm³/mol. The molecule has 0 bridgehead atoms. The van der Waals surface area contributed by atoms with Crippen LogP contribution in [0.4, 0.5) is 0 Å². The molecule has 0 amide bonds. The summed E-state index contributed by atoms with van der Waals surface area (Å²) >= 11 is 0. The summed E-state index contributed by atoms with van der Waals surface area (Å²) in [7, 11) is 2.24. The molecule has 0 aromatic heterocycles. The number of rotatable bonds is 6. The molecule has 2 aromatic rings. The summed E-state index contributed by atoms with van der Waals surface area (Å²) in [6, 6.07) is 17.9. The topological polar surface area (TPSA) is 3.24 Å². The summed E-state index contributed by atoms with van der Waals surface area (Å²) in [6.07, 6.45) is 8.41. The van der Waals surface area contributed by atoms with Gasteiger partial charge in [0, 0.05) is 6.54 Å². The maximum Gasteiger partial charge on any atom is 0.00132 e. The van der Waals surface area contributed by atoms with Gasteiger partial charge in [0.1, 0.15) is 0 Å². The molecular weight excluding hydrogens is 290 g/mol. The molecule has 2 aromatic carbocycles. The van der Waals surface area contributed by atoms with Crippen molar-refractivity contribution in [1.29, 1.82) is 0 Å². The maximum atomic E-state index is 2.46. The Kier molecular flexibility index (Phi) is 5.87. The number of unbranched alkanes of at least 4 members (excludes halogenated alkanes) is 1. The van der Waals surface area contributed by atoms with Crippen molar-refractivity contribution in [2.24, 2.45) is 0 Å². The summed E-state index contributed by atoms with van der Waals surface area (Å²) in [4.78, 5) is 2.45. The van der Waals surface area contributed by atoms with Crippen molar-refractivity contribution in [2.75, 3.05) is 20.1 Å². The fourth-order valence-corrected chi connectivity index (χ4v) is 3.61. The van der Waals surface area contributed by atoms with E-state index in [2.05, 4.69) is 73.5 Å². The Labute approximate surface area is 147 Å². The largest absolute Gasteiger partial charge is 0.306 e. The maximum absolute atomic E-state index is 2.46. The molecule has 0 fully saturated rings. The second-order valence-electron chi connectivity index (χ2n) is 6.88. The van der Waals surface area contributed by atoms with Crippen molar-refractivity contribution in [2.45, 2.75) is 39.0 Å². The van der Waals surface area contributed by atoms with E-state index in [0.717, 1.165) is 25.8 Å². The Morgan fingerprint density at radius 3 is 2.04 bits per heavy atom. The zero-order valence-electron chi connectivity index (χ0n) is 15.1. The molecule has 1 heteroatoms. The van der Waals surface area contributed by atoms with Gasteiger partial charge in [-0.05, 0) is 67.1 Å². The normalized spacial score (nSPS) is 13.4. The lowest BCUT2D eigenvalue weighted by Crippen LogP contribution is -2.20. The highest BCUT2D eigenvalue weighted by Crippen LogP contribution is 2.33. The van der Waals surface area contributed by atoms with Gasteiger partial charge in [-0.3, -0.25) is 0 Å². The first-order valence-corrected chi connectivity index (χ1v) is 9.35. The van der Waals surface area contributed by atoms with Gasteiger partial charge in [-0.2, -0.15) is 0 Å². The van der Waals surface area contributed by atoms with Crippen molar-refractivity contribution >= 4 is 5.57 Å². The monoisotopic (exact) mass is 319 g/mol. The van der Waals surface area contributed by atoms with E-state index in [1.807, 2.05) is 0 Å². The Morgan fingerprint density at radius 2 is 1.46 bits per heavy atom. The highest BCUT2D eigenvalue weighted by atomic mass is 15.1. The van der Waals surface area contributed by atoms with Crippen molar-refractivity contribution in [3.8, 4) is 0 Å². The third-order valence-corrected chi connectivity index (χ3v) is 5.03. The summed E-state index contributed by atoms with van der Waals surface area (Å²) in [5.74, 6) is 0. The third kappa shape index (κ3) is 3.96. The van der Waals surface area contributed by atoms with Crippen molar-refractivity contribution in [3.63, 3.8) is 0 Å². The predicted octanol–water partition coefficient (Wildman–Crippen LogP) is 5.34. The lowest BCUT2D eigenvalue weighted by molar-refractivity contribution is 0.334. The summed E-state index contributed by atoms with van der Waals surface area (Å²) in [6.45, 7) is 4.59. The van der Waals surface area contributed by atoms with Crippen LogP contribution in [0.25, 0.3) is 5.57 Å². The number of hydrogen-bond donors (Lipinski definition) is 0. The zero-order chi connectivity index (χ0) is 16.8. The molecule has 0 spiro atoms. The van der Waals surface area contributed by atoms with Gasteiger partial charge in [-0.1, -0.05) is 68.0 Å². The van der Waals surface area contributed by atoms with E-state index in [1.54, 1.807) is 0 Å². The fraction of sp³-hybridized carbons (Fsp3) is 0.391. The smallest absolute Gasteiger partial charge is 0.00132 e. The minimum atomic E-state index is 1.11. The number of aryl methyl sites for hydroxylation is 2. The first-order chi connectivity index (χ1) is 11.8. The molecule has 1 aliphatic rings. The summed E-state index contributed by atoms with van der Waals surface area (Å²) < 4.78 is 0. The quantitative estimate of drug-likeness (QED) is 0.695. The van der Waals surface area contributed by atoms with Crippen molar-refractivity contribution in [3.05, 3.63) is 76.9 Å². The minimum Gasteiger partial charge on any atom is -0.306 e. The molecule has 3 rings (SSSR count). The fourth-order valence-electron chi connectivity index (χ4n) is 3.61. The van der Waals surface area contributed by atoms with Gasteiger partial charge in [-0.25, -0.2) is 0 Å². The van der Waals surface area contributed by atoms with E-state index in [1.165, 1.54) is 47.2 Å². The molecule has 0 saturated carbocycles. The van der Waals surface area contributed by atoms with Gasteiger partial charge in [-0.15, -0.1) is 0 Å². The van der Waals surface area contributed by atoms with E-state index in [0.29, 0.717) is 0 Å².